The third kappa shape index (κ3) is 7.27. The van der Waals surface area contributed by atoms with Gasteiger partial charge in [0.15, 0.2) is 13.1 Å². The average molecular weight is 381 g/mol. The van der Waals surface area contributed by atoms with E-state index in [0.29, 0.717) is 18.8 Å². The number of carbonyl (C=O) groups excluding carboxylic acids is 2. The first-order chi connectivity index (χ1) is 13.0. The average Bonchev–Trinajstić information content (AvgIpc) is 2.65. The first kappa shape index (κ1) is 21.3. The van der Waals surface area contributed by atoms with Crippen LogP contribution in [0.4, 0.5) is 10.1 Å². The molecule has 1 aliphatic rings. The Morgan fingerprint density at radius 3 is 2.00 bits per heavy atom. The van der Waals surface area contributed by atoms with Gasteiger partial charge in [-0.2, -0.15) is 0 Å². The minimum absolute atomic E-state index is 0.0619. The van der Waals surface area contributed by atoms with Crippen LogP contribution in [0.15, 0.2) is 24.3 Å². The largest absolute Gasteiger partial charge is 0.338 e. The minimum Gasteiger partial charge on any atom is -0.338 e. The Balaban J connectivity index is 1.72. The number of piperazine rings is 1. The summed E-state index contributed by atoms with van der Waals surface area (Å²) in [6.07, 6.45) is 1.98. The maximum Gasteiger partial charge on any atom is 0.279 e. The lowest BCUT2D eigenvalue weighted by molar-refractivity contribution is -1.00. The molecule has 150 valence electrons. The van der Waals surface area contributed by atoms with Crippen molar-refractivity contribution in [3.8, 4) is 0 Å². The van der Waals surface area contributed by atoms with Crippen molar-refractivity contribution in [1.82, 2.24) is 4.90 Å². The molecule has 0 unspecified atom stereocenters. The summed E-state index contributed by atoms with van der Waals surface area (Å²) in [4.78, 5) is 29.2. The summed E-state index contributed by atoms with van der Waals surface area (Å²) in [6, 6.07) is 5.80. The van der Waals surface area contributed by atoms with E-state index >= 15 is 0 Å². The lowest BCUT2D eigenvalue weighted by Gasteiger charge is -2.30. The second-order valence-corrected chi connectivity index (χ2v) is 7.29. The second-order valence-electron chi connectivity index (χ2n) is 7.29. The molecule has 0 aliphatic carbocycles. The van der Waals surface area contributed by atoms with Crippen LogP contribution < -0.4 is 15.1 Å². The first-order valence-corrected chi connectivity index (χ1v) is 10.0. The number of hydrogen-bond donors (Lipinski definition) is 3. The highest BCUT2D eigenvalue weighted by atomic mass is 19.1. The summed E-state index contributed by atoms with van der Waals surface area (Å²) in [5.74, 6) is -0.136. The third-order valence-electron chi connectivity index (χ3n) is 4.94. The van der Waals surface area contributed by atoms with E-state index in [1.165, 1.54) is 21.9 Å². The Morgan fingerprint density at radius 2 is 1.48 bits per heavy atom. The predicted octanol–water partition coefficient (Wildman–Crippen LogP) is -0.804. The van der Waals surface area contributed by atoms with E-state index in [1.807, 2.05) is 4.90 Å². The van der Waals surface area contributed by atoms with Crippen LogP contribution in [0.5, 0.6) is 0 Å². The number of nitrogens with one attached hydrogen (secondary N) is 3. The van der Waals surface area contributed by atoms with Gasteiger partial charge in [0.25, 0.3) is 11.8 Å². The Bertz CT molecular complexity index is 595. The van der Waals surface area contributed by atoms with Crippen molar-refractivity contribution >= 4 is 17.5 Å². The molecule has 0 atom stereocenters. The molecule has 0 saturated carbocycles. The van der Waals surface area contributed by atoms with Crippen molar-refractivity contribution < 1.29 is 23.8 Å². The van der Waals surface area contributed by atoms with Crippen LogP contribution in [0.3, 0.4) is 0 Å². The van der Waals surface area contributed by atoms with Gasteiger partial charge < -0.3 is 20.0 Å². The number of benzene rings is 1. The van der Waals surface area contributed by atoms with Gasteiger partial charge in [-0.3, -0.25) is 9.59 Å². The van der Waals surface area contributed by atoms with Gasteiger partial charge in [-0.05, 0) is 37.1 Å². The van der Waals surface area contributed by atoms with Gasteiger partial charge in [0.2, 0.25) is 0 Å². The van der Waals surface area contributed by atoms with E-state index in [-0.39, 0.29) is 17.6 Å². The zero-order valence-corrected chi connectivity index (χ0v) is 16.5. The highest BCUT2D eigenvalue weighted by molar-refractivity contribution is 5.91. The monoisotopic (exact) mass is 380 g/mol. The Morgan fingerprint density at radius 1 is 0.963 bits per heavy atom. The van der Waals surface area contributed by atoms with Gasteiger partial charge in [-0.1, -0.05) is 13.8 Å². The van der Waals surface area contributed by atoms with Gasteiger partial charge >= 0.3 is 0 Å². The summed E-state index contributed by atoms with van der Waals surface area (Å²) < 4.78 is 12.9. The molecule has 1 aliphatic heterocycles. The number of quaternary nitrogens is 2. The van der Waals surface area contributed by atoms with Crippen LogP contribution in [-0.2, 0) is 9.59 Å². The van der Waals surface area contributed by atoms with Crippen molar-refractivity contribution in [2.75, 3.05) is 57.7 Å². The van der Waals surface area contributed by atoms with Crippen LogP contribution in [0.25, 0.3) is 0 Å². The maximum absolute atomic E-state index is 12.9. The van der Waals surface area contributed by atoms with Gasteiger partial charge in [0, 0.05) is 18.8 Å². The second kappa shape index (κ2) is 11.0. The van der Waals surface area contributed by atoms with E-state index < -0.39 is 0 Å². The fourth-order valence-corrected chi connectivity index (χ4v) is 3.50. The standard InChI is InChI=1S/C20H31FN4O2/c1-3-9-25(10-4-2)20(27)16-24-13-11-23(12-14-24)15-19(26)22-18-7-5-17(21)6-8-18/h5-8H,3-4,9-16H2,1-2H3,(H,22,26)/p+2. The normalized spacial score (nSPS) is 19.5. The minimum atomic E-state index is -0.316. The first-order valence-electron chi connectivity index (χ1n) is 10.0. The molecule has 7 heteroatoms. The molecular formula is C20H33FN4O2+2. The predicted molar refractivity (Wildman–Crippen MR) is 103 cm³/mol. The quantitative estimate of drug-likeness (QED) is 0.525. The Labute approximate surface area is 161 Å². The van der Waals surface area contributed by atoms with Crippen LogP contribution >= 0.6 is 0 Å². The summed E-state index contributed by atoms with van der Waals surface area (Å²) in [7, 11) is 0. The van der Waals surface area contributed by atoms with Gasteiger partial charge in [0.05, 0.1) is 0 Å². The van der Waals surface area contributed by atoms with Crippen molar-refractivity contribution in [2.45, 2.75) is 26.7 Å². The number of rotatable bonds is 9. The molecule has 0 radical (unpaired) electrons. The van der Waals surface area contributed by atoms with Gasteiger partial charge in [0.1, 0.15) is 32.0 Å². The highest BCUT2D eigenvalue weighted by Crippen LogP contribution is 2.07. The number of hydrogen-bond acceptors (Lipinski definition) is 2. The zero-order chi connectivity index (χ0) is 19.6. The smallest absolute Gasteiger partial charge is 0.279 e. The molecule has 6 nitrogen and oxygen atoms in total. The van der Waals surface area contributed by atoms with E-state index in [9.17, 15) is 14.0 Å². The fraction of sp³-hybridized carbons (Fsp3) is 0.600. The number of nitrogens with zero attached hydrogens (tertiary/aromatic N) is 1. The van der Waals surface area contributed by atoms with Gasteiger partial charge in [-0.15, -0.1) is 0 Å². The molecule has 1 saturated heterocycles. The number of amides is 2. The van der Waals surface area contributed by atoms with E-state index in [4.69, 9.17) is 0 Å². The van der Waals surface area contributed by atoms with E-state index in [1.54, 1.807) is 12.1 Å². The molecule has 27 heavy (non-hydrogen) atoms. The molecule has 2 rings (SSSR count). The van der Waals surface area contributed by atoms with Crippen molar-refractivity contribution in [2.24, 2.45) is 0 Å². The van der Waals surface area contributed by atoms with Crippen LogP contribution in [-0.4, -0.2) is 69.1 Å². The van der Waals surface area contributed by atoms with Crippen LogP contribution in [0.1, 0.15) is 26.7 Å². The van der Waals surface area contributed by atoms with Crippen molar-refractivity contribution in [1.29, 1.82) is 0 Å². The topological polar surface area (TPSA) is 58.3 Å². The van der Waals surface area contributed by atoms with Gasteiger partial charge in [-0.25, -0.2) is 4.39 Å². The fourth-order valence-electron chi connectivity index (χ4n) is 3.50. The highest BCUT2D eigenvalue weighted by Gasteiger charge is 2.27. The van der Waals surface area contributed by atoms with Crippen molar-refractivity contribution in [3.63, 3.8) is 0 Å². The van der Waals surface area contributed by atoms with Crippen molar-refractivity contribution in [3.05, 3.63) is 30.1 Å². The zero-order valence-electron chi connectivity index (χ0n) is 16.5. The molecule has 2 amide bonds. The summed E-state index contributed by atoms with van der Waals surface area (Å²) >= 11 is 0. The lowest BCUT2D eigenvalue weighted by Crippen LogP contribution is -3.28. The molecule has 1 aromatic rings. The molecule has 1 heterocycles. The lowest BCUT2D eigenvalue weighted by atomic mass is 10.2. The van der Waals surface area contributed by atoms with Crippen LogP contribution in [0, 0.1) is 5.82 Å². The molecular weight excluding hydrogens is 347 g/mol. The molecule has 1 fully saturated rings. The number of halogens is 1. The third-order valence-corrected chi connectivity index (χ3v) is 4.94. The number of carbonyl (C=O) groups is 2. The molecule has 3 N–H and O–H groups in total. The molecule has 0 aromatic heterocycles. The number of anilines is 1. The molecule has 0 bridgehead atoms. The summed E-state index contributed by atoms with van der Waals surface area (Å²) in [5, 5.41) is 2.81. The van der Waals surface area contributed by atoms with E-state index in [2.05, 4.69) is 19.2 Å². The summed E-state index contributed by atoms with van der Waals surface area (Å²) in [5.41, 5.74) is 0.614. The summed E-state index contributed by atoms with van der Waals surface area (Å²) in [6.45, 7) is 10.4. The maximum atomic E-state index is 12.9. The van der Waals surface area contributed by atoms with E-state index in [0.717, 1.165) is 52.1 Å². The Kier molecular flexibility index (Phi) is 8.67. The SMILES string of the molecule is CCCN(CCC)C(=O)C[NH+]1CC[NH+](CC(=O)Nc2ccc(F)cc2)CC1. The molecule has 0 spiro atoms. The van der Waals surface area contributed by atoms with Crippen LogP contribution in [0.2, 0.25) is 0 Å². The Hall–Kier alpha value is -1.99. The molecule has 1 aromatic carbocycles.